The highest BCUT2D eigenvalue weighted by atomic mass is 14.9. The van der Waals surface area contributed by atoms with E-state index in [9.17, 15) is 0 Å². The summed E-state index contributed by atoms with van der Waals surface area (Å²) < 4.78 is 0. The molecule has 3 heteroatoms. The molecule has 0 radical (unpaired) electrons. The minimum atomic E-state index is 0.664. The Kier molecular flexibility index (Phi) is 4.47. The summed E-state index contributed by atoms with van der Waals surface area (Å²) in [4.78, 5) is 9.36. The molecule has 128 valence electrons. The van der Waals surface area contributed by atoms with E-state index in [2.05, 4.69) is 35.3 Å². The Bertz CT molecular complexity index is 1110. The maximum absolute atomic E-state index is 8.92. The van der Waals surface area contributed by atoms with Gasteiger partial charge < -0.3 is 0 Å². The van der Waals surface area contributed by atoms with Crippen LogP contribution >= 0.6 is 0 Å². The van der Waals surface area contributed by atoms with Crippen LogP contribution < -0.4 is 0 Å². The molecular formula is C24H17N3. The third kappa shape index (κ3) is 3.61. The molecule has 0 unspecified atom stereocenters. The predicted molar refractivity (Wildman–Crippen MR) is 108 cm³/mol. The molecule has 1 aromatic heterocycles. The van der Waals surface area contributed by atoms with Gasteiger partial charge in [0, 0.05) is 16.8 Å². The van der Waals surface area contributed by atoms with Crippen LogP contribution in [-0.2, 0) is 0 Å². The molecule has 0 fully saturated rings. The number of nitriles is 1. The highest BCUT2D eigenvalue weighted by molar-refractivity contribution is 5.69. The zero-order chi connectivity index (χ0) is 18.6. The van der Waals surface area contributed by atoms with Gasteiger partial charge >= 0.3 is 0 Å². The molecule has 27 heavy (non-hydrogen) atoms. The largest absolute Gasteiger partial charge is 0.233 e. The van der Waals surface area contributed by atoms with Gasteiger partial charge in [-0.1, -0.05) is 66.7 Å². The van der Waals surface area contributed by atoms with Crippen molar-refractivity contribution in [3.05, 3.63) is 96.2 Å². The number of aryl methyl sites for hydroxylation is 1. The molecule has 4 aromatic rings. The number of nitrogens with zero attached hydrogens (tertiary/aromatic N) is 3. The lowest BCUT2D eigenvalue weighted by Gasteiger charge is -2.08. The van der Waals surface area contributed by atoms with Crippen LogP contribution in [0.1, 0.15) is 11.3 Å². The standard InChI is InChI=1S/C24H17N3/c1-17-15-23(21-5-3-2-4-6-21)27-24(26-17)22-13-11-20(12-14-22)19-9-7-18(16-25)8-10-19/h2-15H,1H3. The quantitative estimate of drug-likeness (QED) is 0.480. The van der Waals surface area contributed by atoms with Crippen LogP contribution in [0.25, 0.3) is 33.8 Å². The first-order valence-corrected chi connectivity index (χ1v) is 8.75. The molecule has 0 atom stereocenters. The van der Waals surface area contributed by atoms with Crippen LogP contribution in [0.2, 0.25) is 0 Å². The molecular weight excluding hydrogens is 330 g/mol. The van der Waals surface area contributed by atoms with Gasteiger partial charge in [-0.05, 0) is 36.2 Å². The highest BCUT2D eigenvalue weighted by Crippen LogP contribution is 2.25. The molecule has 0 aliphatic rings. The van der Waals surface area contributed by atoms with Crippen LogP contribution in [0.4, 0.5) is 0 Å². The van der Waals surface area contributed by atoms with Gasteiger partial charge in [0.2, 0.25) is 0 Å². The van der Waals surface area contributed by atoms with E-state index >= 15 is 0 Å². The maximum Gasteiger partial charge on any atom is 0.160 e. The molecule has 0 saturated carbocycles. The van der Waals surface area contributed by atoms with Gasteiger partial charge in [-0.25, -0.2) is 9.97 Å². The summed E-state index contributed by atoms with van der Waals surface area (Å²) in [5, 5.41) is 8.92. The first-order valence-electron chi connectivity index (χ1n) is 8.75. The van der Waals surface area contributed by atoms with Crippen molar-refractivity contribution in [3.8, 4) is 39.8 Å². The first-order chi connectivity index (χ1) is 13.2. The summed E-state index contributed by atoms with van der Waals surface area (Å²) >= 11 is 0. The molecule has 0 amide bonds. The van der Waals surface area contributed by atoms with Gasteiger partial charge in [-0.3, -0.25) is 0 Å². The van der Waals surface area contributed by atoms with Crippen molar-refractivity contribution < 1.29 is 0 Å². The summed E-state index contributed by atoms with van der Waals surface area (Å²) in [5.41, 5.74) is 6.77. The zero-order valence-electron chi connectivity index (χ0n) is 14.9. The van der Waals surface area contributed by atoms with Gasteiger partial charge in [0.05, 0.1) is 17.3 Å². The third-order valence-corrected chi connectivity index (χ3v) is 4.41. The van der Waals surface area contributed by atoms with Crippen LogP contribution in [0, 0.1) is 18.3 Å². The van der Waals surface area contributed by atoms with E-state index < -0.39 is 0 Å². The molecule has 0 aliphatic heterocycles. The Morgan fingerprint density at radius 2 is 1.26 bits per heavy atom. The van der Waals surface area contributed by atoms with Crippen molar-refractivity contribution in [2.24, 2.45) is 0 Å². The van der Waals surface area contributed by atoms with Gasteiger partial charge in [0.25, 0.3) is 0 Å². The second-order valence-electron chi connectivity index (χ2n) is 6.35. The van der Waals surface area contributed by atoms with Crippen molar-refractivity contribution >= 4 is 0 Å². The fourth-order valence-corrected chi connectivity index (χ4v) is 3.00. The van der Waals surface area contributed by atoms with E-state index in [1.165, 1.54) is 0 Å². The average Bonchev–Trinajstić information content (AvgIpc) is 2.74. The minimum absolute atomic E-state index is 0.664. The van der Waals surface area contributed by atoms with Crippen molar-refractivity contribution in [3.63, 3.8) is 0 Å². The Morgan fingerprint density at radius 3 is 1.89 bits per heavy atom. The number of rotatable bonds is 3. The smallest absolute Gasteiger partial charge is 0.160 e. The fourth-order valence-electron chi connectivity index (χ4n) is 3.00. The number of hydrogen-bond donors (Lipinski definition) is 0. The third-order valence-electron chi connectivity index (χ3n) is 4.41. The molecule has 3 aromatic carbocycles. The molecule has 0 N–H and O–H groups in total. The van der Waals surface area contributed by atoms with E-state index in [1.807, 2.05) is 67.6 Å². The van der Waals surface area contributed by atoms with Crippen LogP contribution in [-0.4, -0.2) is 9.97 Å². The lowest BCUT2D eigenvalue weighted by molar-refractivity contribution is 1.12. The molecule has 3 nitrogen and oxygen atoms in total. The second-order valence-corrected chi connectivity index (χ2v) is 6.35. The van der Waals surface area contributed by atoms with E-state index in [0.717, 1.165) is 39.5 Å². The monoisotopic (exact) mass is 347 g/mol. The van der Waals surface area contributed by atoms with Crippen molar-refractivity contribution in [2.75, 3.05) is 0 Å². The topological polar surface area (TPSA) is 49.6 Å². The lowest BCUT2D eigenvalue weighted by atomic mass is 10.0. The van der Waals surface area contributed by atoms with Crippen LogP contribution in [0.5, 0.6) is 0 Å². The summed E-state index contributed by atoms with van der Waals surface area (Å²) in [7, 11) is 0. The summed E-state index contributed by atoms with van der Waals surface area (Å²) in [6, 6.07) is 30.1. The van der Waals surface area contributed by atoms with Gasteiger partial charge in [0.15, 0.2) is 5.82 Å². The summed E-state index contributed by atoms with van der Waals surface area (Å²) in [5.74, 6) is 0.722. The maximum atomic E-state index is 8.92. The van der Waals surface area contributed by atoms with Crippen molar-refractivity contribution in [1.29, 1.82) is 5.26 Å². The Balaban J connectivity index is 1.68. The average molecular weight is 347 g/mol. The summed E-state index contributed by atoms with van der Waals surface area (Å²) in [6.45, 7) is 1.99. The molecule has 0 spiro atoms. The summed E-state index contributed by atoms with van der Waals surface area (Å²) in [6.07, 6.45) is 0. The number of aromatic nitrogens is 2. The van der Waals surface area contributed by atoms with Crippen molar-refractivity contribution in [2.45, 2.75) is 6.92 Å². The van der Waals surface area contributed by atoms with Gasteiger partial charge in [-0.15, -0.1) is 0 Å². The first kappa shape index (κ1) is 16.7. The molecule has 0 aliphatic carbocycles. The molecule has 4 rings (SSSR count). The van der Waals surface area contributed by atoms with E-state index in [1.54, 1.807) is 0 Å². The van der Waals surface area contributed by atoms with Gasteiger partial charge in [0.1, 0.15) is 0 Å². The van der Waals surface area contributed by atoms with E-state index in [-0.39, 0.29) is 0 Å². The number of hydrogen-bond acceptors (Lipinski definition) is 3. The van der Waals surface area contributed by atoms with Crippen molar-refractivity contribution in [1.82, 2.24) is 9.97 Å². The Morgan fingerprint density at radius 1 is 0.667 bits per heavy atom. The SMILES string of the molecule is Cc1cc(-c2ccccc2)nc(-c2ccc(-c3ccc(C#N)cc3)cc2)n1. The van der Waals surface area contributed by atoms with Crippen LogP contribution in [0.15, 0.2) is 84.9 Å². The highest BCUT2D eigenvalue weighted by Gasteiger charge is 2.07. The van der Waals surface area contributed by atoms with E-state index in [4.69, 9.17) is 10.2 Å². The molecule has 1 heterocycles. The van der Waals surface area contributed by atoms with E-state index in [0.29, 0.717) is 5.56 Å². The fraction of sp³-hybridized carbons (Fsp3) is 0.0417. The van der Waals surface area contributed by atoms with Gasteiger partial charge in [-0.2, -0.15) is 5.26 Å². The normalized spacial score (nSPS) is 10.4. The molecule has 0 saturated heterocycles. The minimum Gasteiger partial charge on any atom is -0.233 e. The predicted octanol–water partition coefficient (Wildman–Crippen LogP) is 5.66. The Labute approximate surface area is 158 Å². The zero-order valence-corrected chi connectivity index (χ0v) is 14.9. The molecule has 0 bridgehead atoms. The number of benzene rings is 3. The Hall–Kier alpha value is -3.77. The second kappa shape index (κ2) is 7.23. The lowest BCUT2D eigenvalue weighted by Crippen LogP contribution is -1.95. The van der Waals surface area contributed by atoms with Crippen LogP contribution in [0.3, 0.4) is 0 Å².